The molecule has 178 valence electrons. The summed E-state index contributed by atoms with van der Waals surface area (Å²) in [6.45, 7) is 0. The SMILES string of the molecule is O=C(Cc1cc(F)ccc1F)Nc1cccc(Oc2ccc3c(/C=C/c4ccccc4)n[nH]c3c2)c1. The molecule has 0 radical (unpaired) electrons. The fourth-order valence-electron chi connectivity index (χ4n) is 3.78. The lowest BCUT2D eigenvalue weighted by Crippen LogP contribution is -2.15. The van der Waals surface area contributed by atoms with Crippen LogP contribution in [-0.4, -0.2) is 16.1 Å². The molecular formula is C29H21F2N3O2. The van der Waals surface area contributed by atoms with E-state index >= 15 is 0 Å². The fourth-order valence-corrected chi connectivity index (χ4v) is 3.78. The summed E-state index contributed by atoms with van der Waals surface area (Å²) in [5, 5.41) is 11.1. The largest absolute Gasteiger partial charge is 0.457 e. The summed E-state index contributed by atoms with van der Waals surface area (Å²) in [5.41, 5.74) is 3.19. The smallest absolute Gasteiger partial charge is 0.228 e. The maximum absolute atomic E-state index is 13.8. The van der Waals surface area contributed by atoms with Gasteiger partial charge in [-0.15, -0.1) is 0 Å². The number of ether oxygens (including phenoxy) is 1. The molecule has 2 N–H and O–H groups in total. The van der Waals surface area contributed by atoms with Gasteiger partial charge in [0.15, 0.2) is 0 Å². The normalized spacial score (nSPS) is 11.2. The second-order valence-electron chi connectivity index (χ2n) is 8.15. The van der Waals surface area contributed by atoms with Crippen molar-refractivity contribution >= 4 is 34.6 Å². The number of nitrogens with zero attached hydrogens (tertiary/aromatic N) is 1. The molecule has 1 amide bonds. The highest BCUT2D eigenvalue weighted by atomic mass is 19.1. The molecule has 0 spiro atoms. The third kappa shape index (κ3) is 5.47. The lowest BCUT2D eigenvalue weighted by Gasteiger charge is -2.10. The molecule has 1 heterocycles. The van der Waals surface area contributed by atoms with Crippen molar-refractivity contribution in [3.05, 3.63) is 119 Å². The van der Waals surface area contributed by atoms with Gasteiger partial charge in [0, 0.05) is 28.8 Å². The maximum Gasteiger partial charge on any atom is 0.228 e. The molecule has 5 nitrogen and oxygen atoms in total. The first-order valence-corrected chi connectivity index (χ1v) is 11.3. The zero-order valence-electron chi connectivity index (χ0n) is 19.0. The van der Waals surface area contributed by atoms with Crippen LogP contribution in [0.1, 0.15) is 16.8 Å². The topological polar surface area (TPSA) is 67.0 Å². The molecule has 0 saturated heterocycles. The number of halogens is 2. The van der Waals surface area contributed by atoms with Crippen molar-refractivity contribution in [1.82, 2.24) is 10.2 Å². The summed E-state index contributed by atoms with van der Waals surface area (Å²) in [4.78, 5) is 12.3. The zero-order valence-corrected chi connectivity index (χ0v) is 19.0. The highest BCUT2D eigenvalue weighted by Crippen LogP contribution is 2.28. The summed E-state index contributed by atoms with van der Waals surface area (Å²) in [7, 11) is 0. The van der Waals surface area contributed by atoms with Crippen molar-refractivity contribution in [2.45, 2.75) is 6.42 Å². The van der Waals surface area contributed by atoms with Gasteiger partial charge in [-0.1, -0.05) is 42.5 Å². The number of carbonyl (C=O) groups is 1. The minimum atomic E-state index is -0.628. The first-order chi connectivity index (χ1) is 17.5. The van der Waals surface area contributed by atoms with E-state index in [4.69, 9.17) is 4.74 Å². The Hall–Kier alpha value is -4.78. The predicted molar refractivity (Wildman–Crippen MR) is 137 cm³/mol. The summed E-state index contributed by atoms with van der Waals surface area (Å²) in [6.07, 6.45) is 3.67. The molecule has 4 aromatic carbocycles. The molecule has 36 heavy (non-hydrogen) atoms. The average molecular weight is 482 g/mol. The molecule has 5 aromatic rings. The van der Waals surface area contributed by atoms with E-state index < -0.39 is 17.5 Å². The number of rotatable bonds is 7. The Labute approximate surface area is 206 Å². The molecule has 5 rings (SSSR count). The van der Waals surface area contributed by atoms with Crippen LogP contribution in [0.15, 0.2) is 91.0 Å². The predicted octanol–water partition coefficient (Wildman–Crippen LogP) is 6.99. The van der Waals surface area contributed by atoms with Crippen molar-refractivity contribution in [1.29, 1.82) is 0 Å². The number of H-pyrrole nitrogens is 1. The first kappa shape index (κ1) is 23.0. The lowest BCUT2D eigenvalue weighted by molar-refractivity contribution is -0.115. The van der Waals surface area contributed by atoms with Crippen LogP contribution in [0.3, 0.4) is 0 Å². The highest BCUT2D eigenvalue weighted by Gasteiger charge is 2.11. The van der Waals surface area contributed by atoms with E-state index in [-0.39, 0.29) is 12.0 Å². The summed E-state index contributed by atoms with van der Waals surface area (Å²) >= 11 is 0. The number of aromatic nitrogens is 2. The minimum Gasteiger partial charge on any atom is -0.457 e. The van der Waals surface area contributed by atoms with E-state index in [0.717, 1.165) is 40.4 Å². The molecule has 0 fully saturated rings. The standard InChI is InChI=1S/C29H21F2N3O2/c30-21-10-13-26(31)20(15-21)16-29(35)32-22-7-4-8-23(17-22)36-24-11-12-25-27(33-34-28(25)18-24)14-9-19-5-2-1-3-6-19/h1-15,17-18H,16H2,(H,32,35)(H,33,34)/b14-9+. The zero-order chi connectivity index (χ0) is 24.9. The van der Waals surface area contributed by atoms with Crippen LogP contribution in [0.25, 0.3) is 23.1 Å². The van der Waals surface area contributed by atoms with E-state index in [9.17, 15) is 13.6 Å². The van der Waals surface area contributed by atoms with Crippen LogP contribution in [0, 0.1) is 11.6 Å². The molecule has 0 atom stereocenters. The van der Waals surface area contributed by atoms with Crippen LogP contribution >= 0.6 is 0 Å². The molecule has 0 unspecified atom stereocenters. The number of aromatic amines is 1. The Morgan fingerprint density at radius 3 is 2.58 bits per heavy atom. The van der Waals surface area contributed by atoms with E-state index in [2.05, 4.69) is 15.5 Å². The van der Waals surface area contributed by atoms with Crippen LogP contribution in [0.2, 0.25) is 0 Å². The van der Waals surface area contributed by atoms with Gasteiger partial charge in [-0.25, -0.2) is 8.78 Å². The monoisotopic (exact) mass is 481 g/mol. The van der Waals surface area contributed by atoms with Gasteiger partial charge in [0.2, 0.25) is 5.91 Å². The number of nitrogens with one attached hydrogen (secondary N) is 2. The van der Waals surface area contributed by atoms with Gasteiger partial charge in [0.25, 0.3) is 0 Å². The van der Waals surface area contributed by atoms with E-state index in [1.165, 1.54) is 0 Å². The van der Waals surface area contributed by atoms with Crippen molar-refractivity contribution in [3.8, 4) is 11.5 Å². The summed E-state index contributed by atoms with van der Waals surface area (Å²) in [6, 6.07) is 25.5. The van der Waals surface area contributed by atoms with E-state index in [0.29, 0.717) is 17.2 Å². The van der Waals surface area contributed by atoms with Crippen LogP contribution < -0.4 is 10.1 Å². The maximum atomic E-state index is 13.8. The number of carbonyl (C=O) groups excluding carboxylic acids is 1. The quantitative estimate of drug-likeness (QED) is 0.263. The number of benzene rings is 4. The molecule has 7 heteroatoms. The van der Waals surface area contributed by atoms with Gasteiger partial charge in [-0.05, 0) is 54.1 Å². The third-order valence-electron chi connectivity index (χ3n) is 5.51. The lowest BCUT2D eigenvalue weighted by atomic mass is 10.1. The van der Waals surface area contributed by atoms with Crippen molar-refractivity contribution in [3.63, 3.8) is 0 Å². The van der Waals surface area contributed by atoms with Gasteiger partial charge in [-0.2, -0.15) is 5.10 Å². The van der Waals surface area contributed by atoms with E-state index in [1.807, 2.05) is 60.7 Å². The van der Waals surface area contributed by atoms with Crippen molar-refractivity contribution in [2.24, 2.45) is 0 Å². The second kappa shape index (κ2) is 10.2. The van der Waals surface area contributed by atoms with Crippen LogP contribution in [-0.2, 0) is 11.2 Å². The van der Waals surface area contributed by atoms with E-state index in [1.54, 1.807) is 24.3 Å². The Morgan fingerprint density at radius 2 is 1.72 bits per heavy atom. The Balaban J connectivity index is 1.27. The first-order valence-electron chi connectivity index (χ1n) is 11.3. The molecule has 0 aliphatic heterocycles. The number of anilines is 1. The van der Waals surface area contributed by atoms with Gasteiger partial charge in [0.1, 0.15) is 23.1 Å². The summed E-state index contributed by atoms with van der Waals surface area (Å²) < 4.78 is 33.2. The van der Waals surface area contributed by atoms with Crippen LogP contribution in [0.5, 0.6) is 11.5 Å². The fraction of sp³-hybridized carbons (Fsp3) is 0.0345. The number of hydrogen-bond donors (Lipinski definition) is 2. The van der Waals surface area contributed by atoms with Gasteiger partial charge in [0.05, 0.1) is 17.6 Å². The highest BCUT2D eigenvalue weighted by molar-refractivity contribution is 5.92. The molecule has 1 aromatic heterocycles. The molecule has 0 aliphatic rings. The average Bonchev–Trinajstić information content (AvgIpc) is 3.28. The Kier molecular flexibility index (Phi) is 6.53. The molecule has 0 aliphatic carbocycles. The van der Waals surface area contributed by atoms with Gasteiger partial charge < -0.3 is 10.1 Å². The number of fused-ring (bicyclic) bond motifs is 1. The molecular weight excluding hydrogens is 460 g/mol. The number of hydrogen-bond acceptors (Lipinski definition) is 3. The summed E-state index contributed by atoms with van der Waals surface area (Å²) in [5.74, 6) is -0.589. The molecule has 0 saturated carbocycles. The Morgan fingerprint density at radius 1 is 0.889 bits per heavy atom. The molecule has 0 bridgehead atoms. The number of amides is 1. The minimum absolute atomic E-state index is 0.00857. The van der Waals surface area contributed by atoms with Crippen LogP contribution in [0.4, 0.5) is 14.5 Å². The Bertz CT molecular complexity index is 1560. The second-order valence-corrected chi connectivity index (χ2v) is 8.15. The van der Waals surface area contributed by atoms with Gasteiger partial charge in [-0.3, -0.25) is 9.89 Å². The van der Waals surface area contributed by atoms with Crippen molar-refractivity contribution < 1.29 is 18.3 Å². The third-order valence-corrected chi connectivity index (χ3v) is 5.51. The van der Waals surface area contributed by atoms with Gasteiger partial charge >= 0.3 is 0 Å². The van der Waals surface area contributed by atoms with Crippen molar-refractivity contribution in [2.75, 3.05) is 5.32 Å².